The molecule has 0 saturated carbocycles. The fourth-order valence-corrected chi connectivity index (χ4v) is 5.65. The predicted molar refractivity (Wildman–Crippen MR) is 136 cm³/mol. The Balaban J connectivity index is 1.59. The molecule has 34 heavy (non-hydrogen) atoms. The van der Waals surface area contributed by atoms with Gasteiger partial charge in [0, 0.05) is 23.2 Å². The number of anilines is 1. The lowest BCUT2D eigenvalue weighted by atomic mass is 9.92. The van der Waals surface area contributed by atoms with E-state index in [2.05, 4.69) is 5.32 Å². The highest BCUT2D eigenvalue weighted by atomic mass is 32.1. The van der Waals surface area contributed by atoms with Crippen LogP contribution >= 0.6 is 11.3 Å². The van der Waals surface area contributed by atoms with Gasteiger partial charge >= 0.3 is 0 Å². The van der Waals surface area contributed by atoms with Gasteiger partial charge in [-0.2, -0.15) is 0 Å². The molecule has 174 valence electrons. The van der Waals surface area contributed by atoms with E-state index in [0.29, 0.717) is 24.5 Å². The zero-order chi connectivity index (χ0) is 24.0. The lowest BCUT2D eigenvalue weighted by Crippen LogP contribution is -2.64. The highest BCUT2D eigenvalue weighted by molar-refractivity contribution is 7.16. The average molecular weight is 474 g/mol. The van der Waals surface area contributed by atoms with Crippen LogP contribution in [0.15, 0.2) is 60.0 Å². The molecule has 2 aromatic heterocycles. The van der Waals surface area contributed by atoms with Crippen LogP contribution in [0, 0.1) is 13.8 Å². The second kappa shape index (κ2) is 8.33. The Hall–Kier alpha value is -3.58. The standard InChI is InChI=1S/C27H27N3O3S/c1-17-9-10-18(2)21(13-17)30-24(31)22-14-19-11-12-34-25(19)29(22)16-27(30,3)26(32)28-15-20-7-5-6-8-23(20)33-4/h5-14H,15-16H2,1-4H3,(H,28,32)/t27-/m0/s1. The third-order valence-electron chi connectivity index (χ3n) is 6.61. The summed E-state index contributed by atoms with van der Waals surface area (Å²) in [5, 5.41) is 6.11. The fraction of sp³-hybridized carbons (Fsp3) is 0.259. The average Bonchev–Trinajstić information content (AvgIpc) is 3.42. The summed E-state index contributed by atoms with van der Waals surface area (Å²) in [7, 11) is 1.61. The third-order valence-corrected chi connectivity index (χ3v) is 7.56. The summed E-state index contributed by atoms with van der Waals surface area (Å²) in [5.74, 6) is 0.335. The maximum Gasteiger partial charge on any atom is 0.275 e. The van der Waals surface area contributed by atoms with E-state index in [9.17, 15) is 9.59 Å². The molecule has 2 aromatic carbocycles. The van der Waals surface area contributed by atoms with E-state index in [4.69, 9.17) is 4.74 Å². The molecule has 4 aromatic rings. The molecule has 0 saturated heterocycles. The Bertz CT molecular complexity index is 1420. The van der Waals surface area contributed by atoms with Gasteiger partial charge in [0.15, 0.2) is 0 Å². The van der Waals surface area contributed by atoms with Crippen LogP contribution in [0.4, 0.5) is 5.69 Å². The van der Waals surface area contributed by atoms with Crippen molar-refractivity contribution in [3.05, 3.63) is 82.4 Å². The number of hydrogen-bond donors (Lipinski definition) is 1. The molecule has 1 aliphatic rings. The Morgan fingerprint density at radius 1 is 1.15 bits per heavy atom. The van der Waals surface area contributed by atoms with Crippen LogP contribution < -0.4 is 15.0 Å². The lowest BCUT2D eigenvalue weighted by Gasteiger charge is -2.44. The van der Waals surface area contributed by atoms with Gasteiger partial charge in [-0.1, -0.05) is 30.3 Å². The molecule has 7 heteroatoms. The van der Waals surface area contributed by atoms with Crippen molar-refractivity contribution in [2.45, 2.75) is 39.4 Å². The molecule has 1 aliphatic heterocycles. The van der Waals surface area contributed by atoms with Crippen LogP contribution in [-0.4, -0.2) is 29.0 Å². The SMILES string of the molecule is COc1ccccc1CNC(=O)[C@]1(C)Cn2c(cc3ccsc32)C(=O)N1c1cc(C)ccc1C. The minimum Gasteiger partial charge on any atom is -0.496 e. The number of ether oxygens (including phenoxy) is 1. The molecule has 3 heterocycles. The Kier molecular flexibility index (Phi) is 5.44. The first-order valence-corrected chi connectivity index (χ1v) is 12.1. The van der Waals surface area contributed by atoms with Gasteiger partial charge in [-0.15, -0.1) is 11.3 Å². The molecule has 0 spiro atoms. The van der Waals surface area contributed by atoms with Crippen molar-refractivity contribution >= 4 is 39.1 Å². The van der Waals surface area contributed by atoms with Crippen molar-refractivity contribution in [1.82, 2.24) is 9.88 Å². The monoisotopic (exact) mass is 473 g/mol. The van der Waals surface area contributed by atoms with Crippen molar-refractivity contribution < 1.29 is 14.3 Å². The largest absolute Gasteiger partial charge is 0.496 e. The van der Waals surface area contributed by atoms with Gasteiger partial charge in [-0.3, -0.25) is 14.5 Å². The van der Waals surface area contributed by atoms with Crippen LogP contribution in [0.1, 0.15) is 34.1 Å². The summed E-state index contributed by atoms with van der Waals surface area (Å²) in [6, 6.07) is 17.6. The lowest BCUT2D eigenvalue weighted by molar-refractivity contribution is -0.126. The van der Waals surface area contributed by atoms with Gasteiger partial charge < -0.3 is 14.6 Å². The molecular formula is C27H27N3O3S. The molecule has 0 unspecified atom stereocenters. The summed E-state index contributed by atoms with van der Waals surface area (Å²) in [6.45, 7) is 6.49. The van der Waals surface area contributed by atoms with E-state index < -0.39 is 5.54 Å². The molecule has 0 radical (unpaired) electrons. The third kappa shape index (κ3) is 3.47. The first-order valence-electron chi connectivity index (χ1n) is 11.2. The number of methoxy groups -OCH3 is 1. The zero-order valence-corrected chi connectivity index (χ0v) is 20.5. The van der Waals surface area contributed by atoms with Crippen LogP contribution in [0.25, 0.3) is 10.2 Å². The van der Waals surface area contributed by atoms with E-state index in [-0.39, 0.29) is 11.8 Å². The number of thiophene rings is 1. The molecule has 1 N–H and O–H groups in total. The molecule has 1 atom stereocenters. The first kappa shape index (κ1) is 22.2. The van der Waals surface area contributed by atoms with E-state index in [1.807, 2.05) is 85.3 Å². The smallest absolute Gasteiger partial charge is 0.275 e. The molecule has 0 fully saturated rings. The summed E-state index contributed by atoms with van der Waals surface area (Å²) < 4.78 is 7.43. The number of hydrogen-bond acceptors (Lipinski definition) is 4. The van der Waals surface area contributed by atoms with E-state index in [0.717, 1.165) is 32.6 Å². The molecule has 0 bridgehead atoms. The summed E-state index contributed by atoms with van der Waals surface area (Å²) in [5.41, 5.74) is 3.11. The number of rotatable bonds is 5. The number of carbonyl (C=O) groups is 2. The summed E-state index contributed by atoms with van der Waals surface area (Å²) >= 11 is 1.58. The van der Waals surface area contributed by atoms with Crippen molar-refractivity contribution in [2.24, 2.45) is 0 Å². The van der Waals surface area contributed by atoms with Crippen LogP contribution in [0.3, 0.4) is 0 Å². The first-order chi connectivity index (χ1) is 16.3. The number of nitrogens with one attached hydrogen (secondary N) is 1. The Morgan fingerprint density at radius 2 is 1.94 bits per heavy atom. The maximum atomic E-state index is 14.0. The number of nitrogens with zero attached hydrogens (tertiary/aromatic N) is 2. The van der Waals surface area contributed by atoms with Gasteiger partial charge in [-0.25, -0.2) is 0 Å². The minimum absolute atomic E-state index is 0.168. The molecule has 2 amide bonds. The number of amides is 2. The Labute approximate surface area is 202 Å². The van der Waals surface area contributed by atoms with Gasteiger partial charge in [-0.05, 0) is 61.5 Å². The fourth-order valence-electron chi connectivity index (χ4n) is 4.75. The van der Waals surface area contributed by atoms with E-state index >= 15 is 0 Å². The number of benzene rings is 2. The highest BCUT2D eigenvalue weighted by Crippen LogP contribution is 2.38. The van der Waals surface area contributed by atoms with Crippen molar-refractivity contribution in [3.8, 4) is 5.75 Å². The topological polar surface area (TPSA) is 63.6 Å². The van der Waals surface area contributed by atoms with Crippen LogP contribution in [0.5, 0.6) is 5.75 Å². The summed E-state index contributed by atoms with van der Waals surface area (Å²) in [4.78, 5) is 30.5. The molecule has 6 nitrogen and oxygen atoms in total. The van der Waals surface area contributed by atoms with Gasteiger partial charge in [0.25, 0.3) is 5.91 Å². The highest BCUT2D eigenvalue weighted by Gasteiger charge is 2.49. The Morgan fingerprint density at radius 3 is 2.74 bits per heavy atom. The minimum atomic E-state index is -1.12. The molecular weight excluding hydrogens is 446 g/mol. The number of carbonyl (C=O) groups excluding carboxylic acids is 2. The van der Waals surface area contributed by atoms with E-state index in [1.54, 1.807) is 23.3 Å². The molecule has 0 aliphatic carbocycles. The van der Waals surface area contributed by atoms with Crippen LogP contribution in [0.2, 0.25) is 0 Å². The van der Waals surface area contributed by atoms with Gasteiger partial charge in [0.1, 0.15) is 21.8 Å². The number of aryl methyl sites for hydroxylation is 2. The normalized spacial score (nSPS) is 17.6. The quantitative estimate of drug-likeness (QED) is 0.441. The van der Waals surface area contributed by atoms with Crippen molar-refractivity contribution in [1.29, 1.82) is 0 Å². The second-order valence-electron chi connectivity index (χ2n) is 9.00. The second-order valence-corrected chi connectivity index (χ2v) is 9.89. The van der Waals surface area contributed by atoms with Crippen molar-refractivity contribution in [2.75, 3.05) is 12.0 Å². The predicted octanol–water partition coefficient (Wildman–Crippen LogP) is 5.06. The number of aromatic nitrogens is 1. The van der Waals surface area contributed by atoms with E-state index in [1.165, 1.54) is 0 Å². The summed E-state index contributed by atoms with van der Waals surface area (Å²) in [6.07, 6.45) is 0. The number of para-hydroxylation sites is 1. The number of fused-ring (bicyclic) bond motifs is 3. The van der Waals surface area contributed by atoms with Gasteiger partial charge in [0.2, 0.25) is 5.91 Å². The zero-order valence-electron chi connectivity index (χ0n) is 19.7. The maximum absolute atomic E-state index is 14.0. The van der Waals surface area contributed by atoms with Gasteiger partial charge in [0.05, 0.1) is 13.7 Å². The van der Waals surface area contributed by atoms with Crippen molar-refractivity contribution in [3.63, 3.8) is 0 Å². The van der Waals surface area contributed by atoms with Crippen LogP contribution in [-0.2, 0) is 17.9 Å². The molecule has 5 rings (SSSR count).